The number of nitrogens with two attached hydrogens (primary N) is 1. The molecule has 1 aromatic carbocycles. The highest BCUT2D eigenvalue weighted by molar-refractivity contribution is 8.00. The Balaban J connectivity index is 2.28. The van der Waals surface area contributed by atoms with Crippen molar-refractivity contribution in [3.8, 4) is 0 Å². The molecule has 2 atom stereocenters. The second-order valence-corrected chi connectivity index (χ2v) is 5.95. The van der Waals surface area contributed by atoms with Crippen LogP contribution in [-0.4, -0.2) is 23.8 Å². The van der Waals surface area contributed by atoms with Crippen molar-refractivity contribution in [2.24, 2.45) is 5.73 Å². The number of ether oxygens (including phenoxy) is 1. The van der Waals surface area contributed by atoms with Crippen molar-refractivity contribution in [2.45, 2.75) is 35.8 Å². The van der Waals surface area contributed by atoms with Crippen LogP contribution < -0.4 is 5.73 Å². The van der Waals surface area contributed by atoms with Gasteiger partial charge in [0.2, 0.25) is 0 Å². The van der Waals surface area contributed by atoms with Crippen molar-refractivity contribution in [1.29, 1.82) is 5.41 Å². The average molecular weight is 304 g/mol. The minimum atomic E-state index is -4.51. The van der Waals surface area contributed by atoms with Gasteiger partial charge in [0.15, 0.2) is 0 Å². The number of benzene rings is 1. The van der Waals surface area contributed by atoms with Gasteiger partial charge in [-0.05, 0) is 31.5 Å². The Morgan fingerprint density at radius 1 is 1.45 bits per heavy atom. The van der Waals surface area contributed by atoms with Gasteiger partial charge < -0.3 is 10.5 Å². The SMILES string of the molecule is CC1OCCC1Sc1ccc(C(F)(F)F)c(C(=N)N)c1. The molecule has 0 bridgehead atoms. The van der Waals surface area contributed by atoms with Crippen LogP contribution in [0.3, 0.4) is 0 Å². The molecule has 0 aromatic heterocycles. The second-order valence-electron chi connectivity index (χ2n) is 4.64. The molecule has 1 aliphatic heterocycles. The first kappa shape index (κ1) is 15.2. The quantitative estimate of drug-likeness (QED) is 0.665. The zero-order valence-corrected chi connectivity index (χ0v) is 11.6. The van der Waals surface area contributed by atoms with E-state index >= 15 is 0 Å². The van der Waals surface area contributed by atoms with Gasteiger partial charge in [0.05, 0.1) is 11.7 Å². The van der Waals surface area contributed by atoms with Gasteiger partial charge in [-0.3, -0.25) is 5.41 Å². The zero-order valence-electron chi connectivity index (χ0n) is 10.8. The minimum Gasteiger partial charge on any atom is -0.384 e. The van der Waals surface area contributed by atoms with Crippen LogP contribution in [-0.2, 0) is 10.9 Å². The largest absolute Gasteiger partial charge is 0.417 e. The van der Waals surface area contributed by atoms with E-state index in [1.165, 1.54) is 23.9 Å². The van der Waals surface area contributed by atoms with Crippen LogP contribution >= 0.6 is 11.8 Å². The summed E-state index contributed by atoms with van der Waals surface area (Å²) in [5, 5.41) is 7.54. The van der Waals surface area contributed by atoms with Crippen LogP contribution in [0.25, 0.3) is 0 Å². The molecule has 1 heterocycles. The zero-order chi connectivity index (χ0) is 14.9. The number of amidine groups is 1. The number of nitrogens with one attached hydrogen (secondary N) is 1. The third kappa shape index (κ3) is 3.27. The number of hydrogen-bond donors (Lipinski definition) is 2. The Morgan fingerprint density at radius 3 is 2.65 bits per heavy atom. The van der Waals surface area contributed by atoms with E-state index in [4.69, 9.17) is 15.9 Å². The molecule has 2 rings (SSSR count). The van der Waals surface area contributed by atoms with Gasteiger partial charge in [0.1, 0.15) is 5.84 Å². The van der Waals surface area contributed by atoms with E-state index in [1.807, 2.05) is 6.92 Å². The number of halogens is 3. The monoisotopic (exact) mass is 304 g/mol. The van der Waals surface area contributed by atoms with Crippen molar-refractivity contribution >= 4 is 17.6 Å². The van der Waals surface area contributed by atoms with Crippen LogP contribution in [0.2, 0.25) is 0 Å². The number of hydrogen-bond acceptors (Lipinski definition) is 3. The molecule has 2 unspecified atom stereocenters. The lowest BCUT2D eigenvalue weighted by molar-refractivity contribution is -0.137. The van der Waals surface area contributed by atoms with Gasteiger partial charge in [0, 0.05) is 22.3 Å². The first-order chi connectivity index (χ1) is 9.29. The lowest BCUT2D eigenvalue weighted by atomic mass is 10.1. The highest BCUT2D eigenvalue weighted by Crippen LogP contribution is 2.37. The smallest absolute Gasteiger partial charge is 0.384 e. The molecule has 0 amide bonds. The number of alkyl halides is 3. The number of thioether (sulfide) groups is 1. The maximum absolute atomic E-state index is 12.8. The van der Waals surface area contributed by atoms with E-state index < -0.39 is 17.6 Å². The fraction of sp³-hybridized carbons (Fsp3) is 0.462. The predicted molar refractivity (Wildman–Crippen MR) is 72.1 cm³/mol. The molecule has 1 fully saturated rings. The molecule has 7 heteroatoms. The summed E-state index contributed by atoms with van der Waals surface area (Å²) < 4.78 is 43.9. The van der Waals surface area contributed by atoms with E-state index in [0.29, 0.717) is 11.5 Å². The lowest BCUT2D eigenvalue weighted by Gasteiger charge is -2.16. The first-order valence-electron chi connectivity index (χ1n) is 6.13. The molecule has 1 saturated heterocycles. The summed E-state index contributed by atoms with van der Waals surface area (Å²) >= 11 is 1.47. The van der Waals surface area contributed by atoms with Gasteiger partial charge in [-0.15, -0.1) is 11.8 Å². The molecule has 0 radical (unpaired) electrons. The Morgan fingerprint density at radius 2 is 2.15 bits per heavy atom. The summed E-state index contributed by atoms with van der Waals surface area (Å²) in [6.45, 7) is 2.61. The van der Waals surface area contributed by atoms with Gasteiger partial charge >= 0.3 is 6.18 Å². The van der Waals surface area contributed by atoms with E-state index in [0.717, 1.165) is 12.5 Å². The molecule has 1 aromatic rings. The van der Waals surface area contributed by atoms with Crippen molar-refractivity contribution in [2.75, 3.05) is 6.61 Å². The summed E-state index contributed by atoms with van der Waals surface area (Å²) in [6, 6.07) is 3.74. The molecule has 3 nitrogen and oxygen atoms in total. The molecule has 1 aliphatic rings. The van der Waals surface area contributed by atoms with Crippen LogP contribution in [0.5, 0.6) is 0 Å². The van der Waals surface area contributed by atoms with E-state index in [-0.39, 0.29) is 16.9 Å². The number of nitrogen functional groups attached to an aromatic ring is 1. The van der Waals surface area contributed by atoms with Gasteiger partial charge in [-0.25, -0.2) is 0 Å². The Bertz CT molecular complexity index is 519. The highest BCUT2D eigenvalue weighted by Gasteiger charge is 2.34. The van der Waals surface area contributed by atoms with Crippen molar-refractivity contribution in [1.82, 2.24) is 0 Å². The molecule has 20 heavy (non-hydrogen) atoms. The van der Waals surface area contributed by atoms with Crippen molar-refractivity contribution in [3.63, 3.8) is 0 Å². The maximum Gasteiger partial charge on any atom is 0.417 e. The molecule has 0 aliphatic carbocycles. The standard InChI is InChI=1S/C13H15F3N2OS/c1-7-11(4-5-19-7)20-8-2-3-10(13(14,15)16)9(6-8)12(17)18/h2-3,6-7,11H,4-5H2,1H3,(H3,17,18). The van der Waals surface area contributed by atoms with Gasteiger partial charge in [-0.1, -0.05) is 0 Å². The normalized spacial score (nSPS) is 23.0. The molecule has 0 saturated carbocycles. The van der Waals surface area contributed by atoms with E-state index in [2.05, 4.69) is 0 Å². The summed E-state index contributed by atoms with van der Waals surface area (Å²) in [5.74, 6) is -0.574. The highest BCUT2D eigenvalue weighted by atomic mass is 32.2. The van der Waals surface area contributed by atoms with Crippen LogP contribution in [0.15, 0.2) is 23.1 Å². The Kier molecular flexibility index (Phi) is 4.29. The van der Waals surface area contributed by atoms with Crippen LogP contribution in [0.1, 0.15) is 24.5 Å². The summed E-state index contributed by atoms with van der Waals surface area (Å²) in [4.78, 5) is 0.672. The van der Waals surface area contributed by atoms with E-state index in [1.54, 1.807) is 0 Å². The lowest BCUT2D eigenvalue weighted by Crippen LogP contribution is -2.19. The van der Waals surface area contributed by atoms with E-state index in [9.17, 15) is 13.2 Å². The fourth-order valence-electron chi connectivity index (χ4n) is 2.11. The fourth-order valence-corrected chi connectivity index (χ4v) is 3.27. The first-order valence-corrected chi connectivity index (χ1v) is 7.01. The predicted octanol–water partition coefficient (Wildman–Crippen LogP) is 3.26. The maximum atomic E-state index is 12.8. The molecular weight excluding hydrogens is 289 g/mol. The summed E-state index contributed by atoms with van der Waals surface area (Å²) in [6.07, 6.45) is -3.57. The Labute approximate surface area is 119 Å². The summed E-state index contributed by atoms with van der Waals surface area (Å²) in [5.41, 5.74) is 4.13. The van der Waals surface area contributed by atoms with Crippen molar-refractivity contribution in [3.05, 3.63) is 29.3 Å². The van der Waals surface area contributed by atoms with Gasteiger partial charge in [-0.2, -0.15) is 13.2 Å². The summed E-state index contributed by atoms with van der Waals surface area (Å²) in [7, 11) is 0. The third-order valence-corrected chi connectivity index (χ3v) is 4.63. The average Bonchev–Trinajstić information content (AvgIpc) is 2.73. The molecule has 0 spiro atoms. The second kappa shape index (κ2) is 5.65. The molecule has 3 N–H and O–H groups in total. The Hall–Kier alpha value is -1.21. The van der Waals surface area contributed by atoms with Crippen LogP contribution in [0, 0.1) is 5.41 Å². The minimum absolute atomic E-state index is 0.0723. The molecular formula is C13H15F3N2OS. The van der Waals surface area contributed by atoms with Crippen LogP contribution in [0.4, 0.5) is 13.2 Å². The van der Waals surface area contributed by atoms with Gasteiger partial charge in [0.25, 0.3) is 0 Å². The van der Waals surface area contributed by atoms with Crippen molar-refractivity contribution < 1.29 is 17.9 Å². The topological polar surface area (TPSA) is 59.1 Å². The third-order valence-electron chi connectivity index (χ3n) is 3.18. The number of rotatable bonds is 3. The molecule has 110 valence electrons.